The summed E-state index contributed by atoms with van der Waals surface area (Å²) in [5.74, 6) is 0. The zero-order valence-electron chi connectivity index (χ0n) is 8.89. The molecular weight excluding hydrogens is 215 g/mol. The van der Waals surface area contributed by atoms with E-state index in [2.05, 4.69) is 0 Å². The van der Waals surface area contributed by atoms with Gasteiger partial charge in [-0.25, -0.2) is 4.39 Å². The van der Waals surface area contributed by atoms with Crippen LogP contribution in [0.5, 0.6) is 0 Å². The van der Waals surface area contributed by atoms with E-state index in [0.29, 0.717) is 23.4 Å². The van der Waals surface area contributed by atoms with E-state index < -0.39 is 5.67 Å². The Balaban J connectivity index is 2.93. The van der Waals surface area contributed by atoms with Crippen LogP contribution in [0.25, 0.3) is 0 Å². The molecule has 0 saturated heterocycles. The second kappa shape index (κ2) is 4.75. The summed E-state index contributed by atoms with van der Waals surface area (Å²) >= 11 is 5.99. The topological polar surface area (TPSA) is 17.1 Å². The van der Waals surface area contributed by atoms with E-state index in [1.807, 2.05) is 0 Å². The molecule has 3 heteroatoms. The summed E-state index contributed by atoms with van der Waals surface area (Å²) in [5.41, 5.74) is 0.0615. The van der Waals surface area contributed by atoms with Crippen molar-refractivity contribution in [2.45, 2.75) is 32.4 Å². The van der Waals surface area contributed by atoms with Crippen molar-refractivity contribution in [1.29, 1.82) is 0 Å². The minimum atomic E-state index is -1.38. The van der Waals surface area contributed by atoms with Crippen LogP contribution < -0.4 is 0 Å². The van der Waals surface area contributed by atoms with E-state index >= 15 is 0 Å². The summed E-state index contributed by atoms with van der Waals surface area (Å²) in [4.78, 5) is 10.2. The third-order valence-electron chi connectivity index (χ3n) is 2.27. The minimum Gasteiger partial charge on any atom is -0.303 e. The normalized spacial score (nSPS) is 11.5. The molecule has 1 rings (SSSR count). The van der Waals surface area contributed by atoms with Gasteiger partial charge < -0.3 is 4.79 Å². The fourth-order valence-electron chi connectivity index (χ4n) is 1.33. The van der Waals surface area contributed by atoms with Crippen molar-refractivity contribution in [1.82, 2.24) is 0 Å². The maximum atomic E-state index is 13.6. The Labute approximate surface area is 94.3 Å². The molecule has 15 heavy (non-hydrogen) atoms. The van der Waals surface area contributed by atoms with Crippen molar-refractivity contribution in [2.24, 2.45) is 0 Å². The van der Waals surface area contributed by atoms with Crippen molar-refractivity contribution >= 4 is 17.9 Å². The quantitative estimate of drug-likeness (QED) is 0.719. The third-order valence-corrected chi connectivity index (χ3v) is 2.62. The predicted octanol–water partition coefficient (Wildman–Crippen LogP) is 3.68. The molecule has 0 aromatic heterocycles. The highest BCUT2D eigenvalue weighted by Gasteiger charge is 2.19. The summed E-state index contributed by atoms with van der Waals surface area (Å²) in [7, 11) is 0. The van der Waals surface area contributed by atoms with E-state index in [0.717, 1.165) is 11.8 Å². The fourth-order valence-corrected chi connectivity index (χ4v) is 1.61. The van der Waals surface area contributed by atoms with Gasteiger partial charge in [-0.2, -0.15) is 0 Å². The Kier molecular flexibility index (Phi) is 3.86. The number of hydrogen-bond acceptors (Lipinski definition) is 1. The average molecular weight is 229 g/mol. The predicted molar refractivity (Wildman–Crippen MR) is 60.0 cm³/mol. The van der Waals surface area contributed by atoms with Crippen molar-refractivity contribution in [3.8, 4) is 0 Å². The second-order valence-corrected chi connectivity index (χ2v) is 4.39. The van der Waals surface area contributed by atoms with Gasteiger partial charge in [0.1, 0.15) is 12.0 Å². The summed E-state index contributed by atoms with van der Waals surface area (Å²) in [6.07, 6.45) is 1.90. The molecule has 0 aliphatic heterocycles. The number of aryl methyl sites for hydroxylation is 1. The molecule has 0 aliphatic rings. The molecule has 0 spiro atoms. The lowest BCUT2D eigenvalue weighted by molar-refractivity contribution is -0.107. The Hall–Kier alpha value is -0.890. The van der Waals surface area contributed by atoms with E-state index in [4.69, 9.17) is 11.6 Å². The molecule has 0 N–H and O–H groups in total. The summed E-state index contributed by atoms with van der Waals surface area (Å²) < 4.78 is 13.6. The smallest absolute Gasteiger partial charge is 0.130 e. The van der Waals surface area contributed by atoms with Gasteiger partial charge >= 0.3 is 0 Å². The maximum absolute atomic E-state index is 13.6. The van der Waals surface area contributed by atoms with E-state index in [-0.39, 0.29) is 0 Å². The first kappa shape index (κ1) is 12.2. The van der Waals surface area contributed by atoms with E-state index in [1.165, 1.54) is 13.8 Å². The second-order valence-electron chi connectivity index (χ2n) is 3.98. The van der Waals surface area contributed by atoms with Crippen molar-refractivity contribution < 1.29 is 9.18 Å². The Morgan fingerprint density at radius 2 is 2.13 bits per heavy atom. The monoisotopic (exact) mass is 228 g/mol. The van der Waals surface area contributed by atoms with Crippen LogP contribution in [-0.4, -0.2) is 6.29 Å². The molecule has 0 atom stereocenters. The number of benzene rings is 1. The maximum Gasteiger partial charge on any atom is 0.130 e. The largest absolute Gasteiger partial charge is 0.303 e. The van der Waals surface area contributed by atoms with Crippen LogP contribution in [-0.2, 0) is 16.9 Å². The van der Waals surface area contributed by atoms with Crippen molar-refractivity contribution in [3.05, 3.63) is 34.3 Å². The molecule has 0 aliphatic carbocycles. The number of hydrogen-bond donors (Lipinski definition) is 0. The number of halogens is 2. The SMILES string of the molecule is CC(C)(F)c1ccc(CCC=O)c(Cl)c1. The van der Waals surface area contributed by atoms with Gasteiger partial charge in [0.25, 0.3) is 0 Å². The van der Waals surface area contributed by atoms with Crippen LogP contribution in [0.2, 0.25) is 5.02 Å². The Morgan fingerprint density at radius 1 is 1.47 bits per heavy atom. The van der Waals surface area contributed by atoms with Gasteiger partial charge in [0, 0.05) is 11.4 Å². The standard InChI is InChI=1S/C12H14ClFO/c1-12(2,14)10-6-5-9(4-3-7-15)11(13)8-10/h5-8H,3-4H2,1-2H3. The molecule has 1 aromatic carbocycles. The van der Waals surface area contributed by atoms with Crippen LogP contribution in [0.3, 0.4) is 0 Å². The lowest BCUT2D eigenvalue weighted by Gasteiger charge is -2.15. The molecule has 0 radical (unpaired) electrons. The van der Waals surface area contributed by atoms with Gasteiger partial charge in [-0.05, 0) is 37.5 Å². The van der Waals surface area contributed by atoms with E-state index in [9.17, 15) is 9.18 Å². The first-order valence-corrected chi connectivity index (χ1v) is 5.24. The molecule has 0 fully saturated rings. The molecule has 0 bridgehead atoms. The van der Waals surface area contributed by atoms with Crippen molar-refractivity contribution in [3.63, 3.8) is 0 Å². The van der Waals surface area contributed by atoms with Crippen LogP contribution in [0.15, 0.2) is 18.2 Å². The van der Waals surface area contributed by atoms with Crippen LogP contribution in [0.4, 0.5) is 4.39 Å². The molecular formula is C12H14ClFO. The number of carbonyl (C=O) groups excluding carboxylic acids is 1. The van der Waals surface area contributed by atoms with Gasteiger partial charge in [-0.15, -0.1) is 0 Å². The summed E-state index contributed by atoms with van der Waals surface area (Å²) in [6.45, 7) is 2.98. The molecule has 82 valence electrons. The van der Waals surface area contributed by atoms with Gasteiger partial charge in [0.15, 0.2) is 0 Å². The minimum absolute atomic E-state index is 0.443. The van der Waals surface area contributed by atoms with E-state index in [1.54, 1.807) is 18.2 Å². The highest BCUT2D eigenvalue weighted by atomic mass is 35.5. The van der Waals surface area contributed by atoms with Crippen molar-refractivity contribution in [2.75, 3.05) is 0 Å². The van der Waals surface area contributed by atoms with Gasteiger partial charge in [0.05, 0.1) is 0 Å². The number of alkyl halides is 1. The molecule has 1 aromatic rings. The first-order valence-electron chi connectivity index (χ1n) is 4.86. The highest BCUT2D eigenvalue weighted by Crippen LogP contribution is 2.28. The zero-order chi connectivity index (χ0) is 11.5. The molecule has 0 amide bonds. The Morgan fingerprint density at radius 3 is 2.60 bits per heavy atom. The molecule has 0 unspecified atom stereocenters. The van der Waals surface area contributed by atoms with Gasteiger partial charge in [0.2, 0.25) is 0 Å². The fraction of sp³-hybridized carbons (Fsp3) is 0.417. The van der Waals surface area contributed by atoms with Crippen LogP contribution in [0, 0.1) is 0 Å². The number of aldehydes is 1. The number of rotatable bonds is 4. The summed E-state index contributed by atoms with van der Waals surface area (Å²) in [5, 5.41) is 0.528. The molecule has 1 nitrogen and oxygen atoms in total. The Bertz CT molecular complexity index is 355. The number of carbonyl (C=O) groups is 1. The lowest BCUT2D eigenvalue weighted by atomic mass is 9.98. The van der Waals surface area contributed by atoms with Gasteiger partial charge in [-0.3, -0.25) is 0 Å². The first-order chi connectivity index (χ1) is 6.95. The molecule has 0 saturated carbocycles. The van der Waals surface area contributed by atoms with Crippen LogP contribution >= 0.6 is 11.6 Å². The lowest BCUT2D eigenvalue weighted by Crippen LogP contribution is -2.09. The van der Waals surface area contributed by atoms with Gasteiger partial charge in [-0.1, -0.05) is 23.7 Å². The molecule has 0 heterocycles. The third kappa shape index (κ3) is 3.31. The summed E-state index contributed by atoms with van der Waals surface area (Å²) in [6, 6.07) is 5.12. The van der Waals surface area contributed by atoms with Crippen LogP contribution in [0.1, 0.15) is 31.4 Å². The average Bonchev–Trinajstić information content (AvgIpc) is 2.14. The highest BCUT2D eigenvalue weighted by molar-refractivity contribution is 6.31. The zero-order valence-corrected chi connectivity index (χ0v) is 9.64.